The molecule has 2 aliphatic rings. The Kier molecular flexibility index (Phi) is 6.81. The average molecular weight is 488 g/mol. The minimum atomic E-state index is -3.62. The Morgan fingerprint density at radius 1 is 0.971 bits per heavy atom. The Balaban J connectivity index is 1.59. The molecule has 2 aromatic carbocycles. The molecule has 0 radical (unpaired) electrons. The standard InChI is InChI=1S/C24H29N3O6S/c1-16(28)27-20-9-8-19(34(30,31)26-11-5-4-6-12-26)13-17(20)14-21(27)24(29)25-18-7-10-22(32-2)23(15-18)33-3/h7-10,13,15,21H,4-6,11-12,14H2,1-3H3,(H,25,29). The first-order valence-corrected chi connectivity index (χ1v) is 12.7. The van der Waals surface area contributed by atoms with Crippen LogP contribution in [0.5, 0.6) is 11.5 Å². The molecule has 2 heterocycles. The maximum absolute atomic E-state index is 13.2. The summed E-state index contributed by atoms with van der Waals surface area (Å²) >= 11 is 0. The van der Waals surface area contributed by atoms with E-state index in [1.54, 1.807) is 30.3 Å². The number of hydrogen-bond acceptors (Lipinski definition) is 6. The summed E-state index contributed by atoms with van der Waals surface area (Å²) in [7, 11) is -0.590. The predicted molar refractivity (Wildman–Crippen MR) is 128 cm³/mol. The number of fused-ring (bicyclic) bond motifs is 1. The third-order valence-corrected chi connectivity index (χ3v) is 8.18. The molecule has 1 fully saturated rings. The first-order chi connectivity index (χ1) is 16.3. The van der Waals surface area contributed by atoms with E-state index in [9.17, 15) is 18.0 Å². The summed E-state index contributed by atoms with van der Waals surface area (Å²) in [6.07, 6.45) is 2.94. The van der Waals surface area contributed by atoms with Crippen molar-refractivity contribution in [3.63, 3.8) is 0 Å². The van der Waals surface area contributed by atoms with Gasteiger partial charge < -0.3 is 14.8 Å². The molecule has 9 nitrogen and oxygen atoms in total. The molecule has 0 saturated carbocycles. The molecule has 1 saturated heterocycles. The molecule has 10 heteroatoms. The Bertz CT molecular complexity index is 1210. The fourth-order valence-electron chi connectivity index (χ4n) is 4.58. The van der Waals surface area contributed by atoms with Crippen LogP contribution in [0.1, 0.15) is 31.7 Å². The summed E-state index contributed by atoms with van der Waals surface area (Å²) in [4.78, 5) is 27.3. The lowest BCUT2D eigenvalue weighted by molar-refractivity contribution is -0.122. The number of hydrogen-bond donors (Lipinski definition) is 1. The SMILES string of the molecule is COc1ccc(NC(=O)C2Cc3cc(S(=O)(=O)N4CCCCC4)ccc3N2C(C)=O)cc1OC. The van der Waals surface area contributed by atoms with Gasteiger partial charge in [0.15, 0.2) is 11.5 Å². The van der Waals surface area contributed by atoms with Crippen molar-refractivity contribution in [1.29, 1.82) is 0 Å². The van der Waals surface area contributed by atoms with Gasteiger partial charge in [-0.15, -0.1) is 0 Å². The first kappa shape index (κ1) is 24.0. The van der Waals surface area contributed by atoms with Gasteiger partial charge >= 0.3 is 0 Å². The van der Waals surface area contributed by atoms with Crippen LogP contribution < -0.4 is 19.7 Å². The van der Waals surface area contributed by atoms with Crippen molar-refractivity contribution in [2.45, 2.75) is 43.5 Å². The monoisotopic (exact) mass is 487 g/mol. The highest BCUT2D eigenvalue weighted by Gasteiger charge is 2.38. The number of benzene rings is 2. The van der Waals surface area contributed by atoms with Crippen molar-refractivity contribution in [3.05, 3.63) is 42.0 Å². The normalized spacial score (nSPS) is 18.3. The lowest BCUT2D eigenvalue weighted by atomic mass is 10.1. The Labute approximate surface area is 199 Å². The van der Waals surface area contributed by atoms with E-state index in [2.05, 4.69) is 5.32 Å². The first-order valence-electron chi connectivity index (χ1n) is 11.2. The minimum absolute atomic E-state index is 0.192. The molecule has 0 aromatic heterocycles. The lowest BCUT2D eigenvalue weighted by Gasteiger charge is -2.26. The summed E-state index contributed by atoms with van der Waals surface area (Å²) in [5.74, 6) is 0.324. The Morgan fingerprint density at radius 2 is 1.68 bits per heavy atom. The maximum atomic E-state index is 13.2. The van der Waals surface area contributed by atoms with E-state index in [-0.39, 0.29) is 23.1 Å². The zero-order valence-electron chi connectivity index (χ0n) is 19.5. The van der Waals surface area contributed by atoms with Crippen molar-refractivity contribution < 1.29 is 27.5 Å². The van der Waals surface area contributed by atoms with Crippen LogP contribution in [0.4, 0.5) is 11.4 Å². The second-order valence-corrected chi connectivity index (χ2v) is 10.4. The summed E-state index contributed by atoms with van der Waals surface area (Å²) in [5.41, 5.74) is 1.70. The van der Waals surface area contributed by atoms with Crippen LogP contribution in [0, 0.1) is 0 Å². The highest BCUT2D eigenvalue weighted by atomic mass is 32.2. The fraction of sp³-hybridized carbons (Fsp3) is 0.417. The van der Waals surface area contributed by atoms with Crippen molar-refractivity contribution in [2.24, 2.45) is 0 Å². The molecule has 2 amide bonds. The lowest BCUT2D eigenvalue weighted by Crippen LogP contribution is -2.44. The van der Waals surface area contributed by atoms with Crippen LogP contribution in [-0.4, -0.2) is 57.9 Å². The quantitative estimate of drug-likeness (QED) is 0.672. The molecule has 4 rings (SSSR count). The molecule has 182 valence electrons. The number of ether oxygens (including phenoxy) is 2. The number of carbonyl (C=O) groups excluding carboxylic acids is 2. The van der Waals surface area contributed by atoms with Gasteiger partial charge in [-0.05, 0) is 48.7 Å². The number of nitrogens with one attached hydrogen (secondary N) is 1. The number of sulfonamides is 1. The molecule has 1 N–H and O–H groups in total. The van der Waals surface area contributed by atoms with Crippen LogP contribution >= 0.6 is 0 Å². The van der Waals surface area contributed by atoms with Gasteiger partial charge in [-0.2, -0.15) is 4.31 Å². The average Bonchev–Trinajstić information content (AvgIpc) is 3.24. The third kappa shape index (κ3) is 4.47. The zero-order valence-corrected chi connectivity index (χ0v) is 20.4. The predicted octanol–water partition coefficient (Wildman–Crippen LogP) is 2.79. The number of carbonyl (C=O) groups is 2. The van der Waals surface area contributed by atoms with Crippen molar-refractivity contribution in [2.75, 3.05) is 37.5 Å². The largest absolute Gasteiger partial charge is 0.493 e. The molecular formula is C24H29N3O6S. The van der Waals surface area contributed by atoms with E-state index in [1.165, 1.54) is 36.4 Å². The molecule has 2 aromatic rings. The van der Waals surface area contributed by atoms with E-state index in [0.29, 0.717) is 41.5 Å². The number of rotatable bonds is 6. The maximum Gasteiger partial charge on any atom is 0.247 e. The second-order valence-electron chi connectivity index (χ2n) is 8.42. The molecule has 0 aliphatic carbocycles. The topological polar surface area (TPSA) is 105 Å². The molecule has 2 aliphatic heterocycles. The van der Waals surface area contributed by atoms with E-state index >= 15 is 0 Å². The number of methoxy groups -OCH3 is 2. The van der Waals surface area contributed by atoms with Gasteiger partial charge in [-0.1, -0.05) is 6.42 Å². The highest BCUT2D eigenvalue weighted by Crippen LogP contribution is 2.36. The van der Waals surface area contributed by atoms with Crippen LogP contribution in [0.25, 0.3) is 0 Å². The van der Waals surface area contributed by atoms with Gasteiger partial charge in [-0.3, -0.25) is 14.5 Å². The van der Waals surface area contributed by atoms with E-state index in [4.69, 9.17) is 9.47 Å². The van der Waals surface area contributed by atoms with Gasteiger partial charge in [-0.25, -0.2) is 8.42 Å². The van der Waals surface area contributed by atoms with Crippen LogP contribution in [0.15, 0.2) is 41.3 Å². The van der Waals surface area contributed by atoms with Gasteiger partial charge in [0.25, 0.3) is 0 Å². The smallest absolute Gasteiger partial charge is 0.247 e. The summed E-state index contributed by atoms with van der Waals surface area (Å²) < 4.78 is 38.3. The molecule has 1 atom stereocenters. The summed E-state index contributed by atoms with van der Waals surface area (Å²) in [5, 5.41) is 2.83. The fourth-order valence-corrected chi connectivity index (χ4v) is 6.15. The van der Waals surface area contributed by atoms with Crippen LogP contribution in [0.3, 0.4) is 0 Å². The molecule has 1 unspecified atom stereocenters. The van der Waals surface area contributed by atoms with Gasteiger partial charge in [0.05, 0.1) is 19.1 Å². The minimum Gasteiger partial charge on any atom is -0.493 e. The highest BCUT2D eigenvalue weighted by molar-refractivity contribution is 7.89. The van der Waals surface area contributed by atoms with Gasteiger partial charge in [0, 0.05) is 43.9 Å². The van der Waals surface area contributed by atoms with E-state index in [0.717, 1.165) is 19.3 Å². The Morgan fingerprint density at radius 3 is 2.32 bits per heavy atom. The summed E-state index contributed by atoms with van der Waals surface area (Å²) in [6, 6.07) is 8.94. The number of anilines is 2. The number of nitrogens with zero attached hydrogens (tertiary/aromatic N) is 2. The molecule has 34 heavy (non-hydrogen) atoms. The zero-order chi connectivity index (χ0) is 24.5. The van der Waals surface area contributed by atoms with Crippen LogP contribution in [-0.2, 0) is 26.0 Å². The number of amides is 2. The van der Waals surface area contributed by atoms with Crippen molar-refractivity contribution >= 4 is 33.2 Å². The third-order valence-electron chi connectivity index (χ3n) is 6.28. The Hall–Kier alpha value is -3.11. The second kappa shape index (κ2) is 9.63. The molecular weight excluding hydrogens is 458 g/mol. The van der Waals surface area contributed by atoms with E-state index < -0.39 is 16.1 Å². The van der Waals surface area contributed by atoms with E-state index in [1.807, 2.05) is 0 Å². The number of piperidine rings is 1. The van der Waals surface area contributed by atoms with Crippen molar-refractivity contribution in [1.82, 2.24) is 4.31 Å². The summed E-state index contributed by atoms with van der Waals surface area (Å²) in [6.45, 7) is 2.41. The van der Waals surface area contributed by atoms with Gasteiger partial charge in [0.2, 0.25) is 21.8 Å². The van der Waals surface area contributed by atoms with Crippen molar-refractivity contribution in [3.8, 4) is 11.5 Å². The van der Waals surface area contributed by atoms with Gasteiger partial charge in [0.1, 0.15) is 6.04 Å². The molecule has 0 spiro atoms. The van der Waals surface area contributed by atoms with Crippen LogP contribution in [0.2, 0.25) is 0 Å². The molecule has 0 bridgehead atoms.